The molecule has 25 heavy (non-hydrogen) atoms. The molecule has 6 heteroatoms. The van der Waals surface area contributed by atoms with Crippen LogP contribution in [0.1, 0.15) is 19.4 Å². The third-order valence-corrected chi connectivity index (χ3v) is 4.44. The van der Waals surface area contributed by atoms with Crippen molar-refractivity contribution >= 4 is 34.8 Å². The van der Waals surface area contributed by atoms with E-state index < -0.39 is 0 Å². The zero-order valence-electron chi connectivity index (χ0n) is 14.6. The Balaban J connectivity index is 1.96. The van der Waals surface area contributed by atoms with E-state index in [9.17, 15) is 4.79 Å². The molecule has 0 bridgehead atoms. The Bertz CT molecular complexity index is 720. The number of nitrogens with zero attached hydrogens (tertiary/aromatic N) is 1. The molecule has 2 rings (SSSR count). The Kier molecular flexibility index (Phi) is 7.12. The molecular formula is C19H22Cl2N2O2. The first-order valence-corrected chi connectivity index (χ1v) is 8.84. The quantitative estimate of drug-likeness (QED) is 0.746. The number of carbonyl (C=O) groups is 1. The third-order valence-electron chi connectivity index (χ3n) is 3.90. The smallest absolute Gasteiger partial charge is 0.241 e. The highest BCUT2D eigenvalue weighted by atomic mass is 35.5. The molecule has 0 heterocycles. The molecular weight excluding hydrogens is 359 g/mol. The molecule has 0 spiro atoms. The first-order valence-electron chi connectivity index (χ1n) is 8.08. The second kappa shape index (κ2) is 9.09. The van der Waals surface area contributed by atoms with Crippen LogP contribution in [0.15, 0.2) is 42.5 Å². The van der Waals surface area contributed by atoms with Crippen molar-refractivity contribution in [2.24, 2.45) is 0 Å². The zero-order valence-corrected chi connectivity index (χ0v) is 16.1. The molecule has 0 saturated heterocycles. The Morgan fingerprint density at radius 2 is 1.88 bits per heavy atom. The number of amides is 1. The van der Waals surface area contributed by atoms with Gasteiger partial charge in [-0.05, 0) is 56.8 Å². The minimum Gasteiger partial charge on any atom is -0.494 e. The summed E-state index contributed by atoms with van der Waals surface area (Å²) in [6.45, 7) is 5.10. The van der Waals surface area contributed by atoms with E-state index in [4.69, 9.17) is 27.9 Å². The van der Waals surface area contributed by atoms with Crippen molar-refractivity contribution in [3.63, 3.8) is 0 Å². The maximum atomic E-state index is 12.5. The number of nitrogens with one attached hydrogen (secondary N) is 1. The van der Waals surface area contributed by atoms with Crippen LogP contribution >= 0.6 is 23.2 Å². The number of rotatable bonds is 7. The largest absolute Gasteiger partial charge is 0.494 e. The first kappa shape index (κ1) is 19.6. The van der Waals surface area contributed by atoms with E-state index in [1.165, 1.54) is 0 Å². The van der Waals surface area contributed by atoms with E-state index in [0.717, 1.165) is 11.3 Å². The van der Waals surface area contributed by atoms with Crippen LogP contribution in [0.25, 0.3) is 0 Å². The normalized spacial score (nSPS) is 12.1. The summed E-state index contributed by atoms with van der Waals surface area (Å²) >= 11 is 12.0. The third kappa shape index (κ3) is 5.63. The number of hydrogen-bond acceptors (Lipinski definition) is 3. The van der Waals surface area contributed by atoms with Crippen LogP contribution in [0.4, 0.5) is 5.69 Å². The molecule has 1 atom stereocenters. The van der Waals surface area contributed by atoms with Gasteiger partial charge in [0.15, 0.2) is 0 Å². The first-order chi connectivity index (χ1) is 11.9. The molecule has 0 unspecified atom stereocenters. The minimum atomic E-state index is -0.321. The Morgan fingerprint density at radius 3 is 2.48 bits per heavy atom. The topological polar surface area (TPSA) is 41.6 Å². The van der Waals surface area contributed by atoms with Gasteiger partial charge < -0.3 is 10.1 Å². The van der Waals surface area contributed by atoms with Gasteiger partial charge in [-0.15, -0.1) is 0 Å². The highest BCUT2D eigenvalue weighted by molar-refractivity contribution is 6.36. The van der Waals surface area contributed by atoms with Crippen LogP contribution in [0.2, 0.25) is 10.0 Å². The van der Waals surface area contributed by atoms with Gasteiger partial charge in [-0.25, -0.2) is 0 Å². The lowest BCUT2D eigenvalue weighted by Crippen LogP contribution is -2.39. The van der Waals surface area contributed by atoms with Crippen LogP contribution in [-0.2, 0) is 11.3 Å². The molecule has 1 N–H and O–H groups in total. The molecule has 134 valence electrons. The molecule has 0 aliphatic heterocycles. The summed E-state index contributed by atoms with van der Waals surface area (Å²) in [6, 6.07) is 12.5. The summed E-state index contributed by atoms with van der Waals surface area (Å²) < 4.78 is 5.44. The van der Waals surface area contributed by atoms with Crippen LogP contribution in [-0.4, -0.2) is 30.5 Å². The molecule has 2 aromatic rings. The van der Waals surface area contributed by atoms with E-state index >= 15 is 0 Å². The standard InChI is InChI=1S/C19H22Cl2N2O2/c1-4-25-16-8-5-14(6-9-16)12-23(3)13(2)19(24)22-18-10-7-15(20)11-17(18)21/h5-11,13H,4,12H2,1-3H3,(H,22,24)/t13-/m0/s1. The van der Waals surface area contributed by atoms with Crippen molar-refractivity contribution < 1.29 is 9.53 Å². The molecule has 1 amide bonds. The molecule has 0 aromatic heterocycles. The monoisotopic (exact) mass is 380 g/mol. The predicted molar refractivity (Wildman–Crippen MR) is 104 cm³/mol. The molecule has 0 saturated carbocycles. The summed E-state index contributed by atoms with van der Waals surface area (Å²) in [6.07, 6.45) is 0. The Hall–Kier alpha value is -1.75. The van der Waals surface area contributed by atoms with Gasteiger partial charge in [0.25, 0.3) is 0 Å². The van der Waals surface area contributed by atoms with Gasteiger partial charge >= 0.3 is 0 Å². The number of hydrogen-bond donors (Lipinski definition) is 1. The van der Waals surface area contributed by atoms with Crippen LogP contribution in [0.5, 0.6) is 5.75 Å². The second-order valence-electron chi connectivity index (χ2n) is 5.78. The number of ether oxygens (including phenoxy) is 1. The maximum absolute atomic E-state index is 12.5. The number of likely N-dealkylation sites (N-methyl/N-ethyl adjacent to an activating group) is 1. The zero-order chi connectivity index (χ0) is 18.4. The lowest BCUT2D eigenvalue weighted by Gasteiger charge is -2.24. The summed E-state index contributed by atoms with van der Waals surface area (Å²) in [4.78, 5) is 14.4. The van der Waals surface area contributed by atoms with Crippen LogP contribution < -0.4 is 10.1 Å². The molecule has 0 radical (unpaired) electrons. The van der Waals surface area contributed by atoms with E-state index in [1.54, 1.807) is 18.2 Å². The molecule has 4 nitrogen and oxygen atoms in total. The Labute approximate surface area is 158 Å². The Morgan fingerprint density at radius 1 is 1.20 bits per heavy atom. The van der Waals surface area contributed by atoms with Gasteiger partial charge in [-0.3, -0.25) is 9.69 Å². The van der Waals surface area contributed by atoms with E-state index in [0.29, 0.717) is 28.9 Å². The number of halogens is 2. The van der Waals surface area contributed by atoms with Crippen molar-refractivity contribution in [2.45, 2.75) is 26.4 Å². The average Bonchev–Trinajstić information content (AvgIpc) is 2.58. The van der Waals surface area contributed by atoms with Gasteiger partial charge in [-0.2, -0.15) is 0 Å². The molecule has 0 fully saturated rings. The van der Waals surface area contributed by atoms with Crippen LogP contribution in [0, 0.1) is 0 Å². The van der Waals surface area contributed by atoms with Gasteiger partial charge in [0.2, 0.25) is 5.91 Å². The lowest BCUT2D eigenvalue weighted by molar-refractivity contribution is -0.120. The second-order valence-corrected chi connectivity index (χ2v) is 6.63. The molecule has 0 aliphatic carbocycles. The highest BCUT2D eigenvalue weighted by Gasteiger charge is 2.19. The number of anilines is 1. The fourth-order valence-corrected chi connectivity index (χ4v) is 2.77. The summed E-state index contributed by atoms with van der Waals surface area (Å²) in [5.41, 5.74) is 1.66. The van der Waals surface area contributed by atoms with Gasteiger partial charge in [-0.1, -0.05) is 35.3 Å². The fraction of sp³-hybridized carbons (Fsp3) is 0.316. The summed E-state index contributed by atoms with van der Waals surface area (Å²) in [5, 5.41) is 3.79. The van der Waals surface area contributed by atoms with E-state index in [2.05, 4.69) is 5.32 Å². The van der Waals surface area contributed by atoms with Crippen molar-refractivity contribution in [2.75, 3.05) is 19.0 Å². The SMILES string of the molecule is CCOc1ccc(CN(C)[C@@H](C)C(=O)Nc2ccc(Cl)cc2Cl)cc1. The molecule has 2 aromatic carbocycles. The van der Waals surface area contributed by atoms with Crippen molar-refractivity contribution in [1.29, 1.82) is 0 Å². The fourth-order valence-electron chi connectivity index (χ4n) is 2.31. The maximum Gasteiger partial charge on any atom is 0.241 e. The summed E-state index contributed by atoms with van der Waals surface area (Å²) in [5.74, 6) is 0.717. The summed E-state index contributed by atoms with van der Waals surface area (Å²) in [7, 11) is 1.91. The van der Waals surface area contributed by atoms with Crippen molar-refractivity contribution in [1.82, 2.24) is 4.90 Å². The van der Waals surface area contributed by atoms with Crippen LogP contribution in [0.3, 0.4) is 0 Å². The molecule has 0 aliphatic rings. The van der Waals surface area contributed by atoms with Gasteiger partial charge in [0.1, 0.15) is 5.75 Å². The van der Waals surface area contributed by atoms with Crippen molar-refractivity contribution in [3.8, 4) is 5.75 Å². The van der Waals surface area contributed by atoms with E-state index in [-0.39, 0.29) is 11.9 Å². The van der Waals surface area contributed by atoms with Gasteiger partial charge in [0.05, 0.1) is 23.4 Å². The van der Waals surface area contributed by atoms with E-state index in [1.807, 2.05) is 50.1 Å². The lowest BCUT2D eigenvalue weighted by atomic mass is 10.1. The number of carbonyl (C=O) groups excluding carboxylic acids is 1. The van der Waals surface area contributed by atoms with Gasteiger partial charge in [0, 0.05) is 11.6 Å². The predicted octanol–water partition coefficient (Wildman–Crippen LogP) is 4.85. The minimum absolute atomic E-state index is 0.127. The highest BCUT2D eigenvalue weighted by Crippen LogP contribution is 2.25. The van der Waals surface area contributed by atoms with Crippen molar-refractivity contribution in [3.05, 3.63) is 58.1 Å². The average molecular weight is 381 g/mol. The number of benzene rings is 2.